The van der Waals surface area contributed by atoms with Gasteiger partial charge in [-0.25, -0.2) is 4.99 Å². The number of thiophene rings is 1. The van der Waals surface area contributed by atoms with Gasteiger partial charge in [-0.15, -0.1) is 11.3 Å². The van der Waals surface area contributed by atoms with Crippen LogP contribution >= 0.6 is 34.5 Å². The van der Waals surface area contributed by atoms with E-state index in [1.165, 1.54) is 18.2 Å². The van der Waals surface area contributed by atoms with Crippen molar-refractivity contribution < 1.29 is 23.1 Å². The van der Waals surface area contributed by atoms with E-state index in [0.717, 1.165) is 17.4 Å². The van der Waals surface area contributed by atoms with Crippen LogP contribution in [0.1, 0.15) is 24.3 Å². The first-order valence-corrected chi connectivity index (χ1v) is 11.4. The van der Waals surface area contributed by atoms with Gasteiger partial charge in [-0.05, 0) is 72.3 Å². The molecule has 3 aromatic rings. The van der Waals surface area contributed by atoms with Gasteiger partial charge in [-0.2, -0.15) is 13.2 Å². The lowest BCUT2D eigenvalue weighted by Crippen LogP contribution is -2.28. The maximum absolute atomic E-state index is 13.2. The van der Waals surface area contributed by atoms with E-state index in [-0.39, 0.29) is 16.4 Å². The quantitative estimate of drug-likeness (QED) is 0.324. The standard InChI is InChI=1S/C24H19Cl2F3N2O2S/c1-23(2,22(32)33)15-5-3-4-13(8-15)14-9-20(34-12-14)19(11-21(30)24(27,28)29)31-18-10-16(25)6-7-17(18)26/h3-12H,30H2,1-2H3,(H,32,33). The summed E-state index contributed by atoms with van der Waals surface area (Å²) in [6.07, 6.45) is -3.99. The third kappa shape index (κ3) is 5.81. The van der Waals surface area contributed by atoms with E-state index in [9.17, 15) is 23.1 Å². The number of carboxylic acids is 1. The molecule has 3 N–H and O–H groups in total. The summed E-state index contributed by atoms with van der Waals surface area (Å²) in [5, 5.41) is 11.8. The zero-order valence-corrected chi connectivity index (χ0v) is 20.3. The van der Waals surface area contributed by atoms with Crippen molar-refractivity contribution in [1.29, 1.82) is 0 Å². The molecule has 1 aromatic heterocycles. The summed E-state index contributed by atoms with van der Waals surface area (Å²) in [6.45, 7) is 3.19. The number of alkyl halides is 3. The zero-order chi connectivity index (χ0) is 25.3. The molecular weight excluding hydrogens is 508 g/mol. The average Bonchev–Trinajstić information content (AvgIpc) is 3.25. The number of benzene rings is 2. The number of halogens is 5. The molecule has 0 unspecified atom stereocenters. The normalized spacial score (nSPS) is 13.3. The number of hydrogen-bond donors (Lipinski definition) is 2. The average molecular weight is 527 g/mol. The molecule has 1 heterocycles. The number of nitrogens with two attached hydrogens (primary N) is 1. The van der Waals surface area contributed by atoms with Gasteiger partial charge in [-0.1, -0.05) is 41.4 Å². The summed E-state index contributed by atoms with van der Waals surface area (Å²) in [6, 6.07) is 13.1. The largest absolute Gasteiger partial charge is 0.481 e. The third-order valence-corrected chi connectivity index (χ3v) is 6.58. The number of carboxylic acid groups (broad SMARTS) is 1. The highest BCUT2D eigenvalue weighted by atomic mass is 35.5. The lowest BCUT2D eigenvalue weighted by Gasteiger charge is -2.20. The Labute approximate surface area is 208 Å². The minimum Gasteiger partial charge on any atom is -0.481 e. The van der Waals surface area contributed by atoms with E-state index in [1.807, 2.05) is 0 Å². The second-order valence-electron chi connectivity index (χ2n) is 7.90. The third-order valence-electron chi connectivity index (χ3n) is 5.07. The molecule has 0 amide bonds. The van der Waals surface area contributed by atoms with Gasteiger partial charge in [-0.3, -0.25) is 4.79 Å². The molecule has 0 bridgehead atoms. The van der Waals surface area contributed by atoms with Crippen molar-refractivity contribution >= 4 is 51.9 Å². The van der Waals surface area contributed by atoms with Crippen molar-refractivity contribution in [2.24, 2.45) is 10.7 Å². The topological polar surface area (TPSA) is 75.7 Å². The number of carbonyl (C=O) groups is 1. The predicted octanol–water partition coefficient (Wildman–Crippen LogP) is 7.61. The molecular formula is C24H19Cl2F3N2O2S. The van der Waals surface area contributed by atoms with Crippen LogP contribution in [0, 0.1) is 0 Å². The van der Waals surface area contributed by atoms with Gasteiger partial charge in [0.1, 0.15) is 5.70 Å². The highest BCUT2D eigenvalue weighted by Crippen LogP contribution is 2.34. The van der Waals surface area contributed by atoms with E-state index in [2.05, 4.69) is 4.99 Å². The van der Waals surface area contributed by atoms with Crippen LogP contribution < -0.4 is 5.73 Å². The molecule has 2 aromatic carbocycles. The Bertz CT molecular complexity index is 1300. The first-order valence-electron chi connectivity index (χ1n) is 9.80. The van der Waals surface area contributed by atoms with E-state index >= 15 is 0 Å². The second-order valence-corrected chi connectivity index (χ2v) is 9.66. The van der Waals surface area contributed by atoms with E-state index in [0.29, 0.717) is 26.6 Å². The summed E-state index contributed by atoms with van der Waals surface area (Å²) in [5.74, 6) is -0.976. The Kier molecular flexibility index (Phi) is 7.45. The minimum absolute atomic E-state index is 0.0442. The number of hydrogen-bond acceptors (Lipinski definition) is 4. The summed E-state index contributed by atoms with van der Waals surface area (Å²) in [5.41, 5.74) is 4.97. The molecule has 3 rings (SSSR count). The summed E-state index contributed by atoms with van der Waals surface area (Å²) >= 11 is 13.3. The van der Waals surface area contributed by atoms with Gasteiger partial charge in [0.15, 0.2) is 0 Å². The molecule has 0 aliphatic rings. The van der Waals surface area contributed by atoms with Gasteiger partial charge in [0.25, 0.3) is 0 Å². The van der Waals surface area contributed by atoms with Gasteiger partial charge < -0.3 is 10.8 Å². The van der Waals surface area contributed by atoms with Crippen molar-refractivity contribution in [3.05, 3.63) is 86.2 Å². The van der Waals surface area contributed by atoms with Gasteiger partial charge in [0, 0.05) is 5.02 Å². The van der Waals surface area contributed by atoms with Gasteiger partial charge >= 0.3 is 12.1 Å². The van der Waals surface area contributed by atoms with Crippen LogP contribution in [0.4, 0.5) is 18.9 Å². The Morgan fingerprint density at radius 3 is 2.44 bits per heavy atom. The Morgan fingerprint density at radius 2 is 1.79 bits per heavy atom. The number of rotatable bonds is 6. The Morgan fingerprint density at radius 1 is 1.09 bits per heavy atom. The van der Waals surface area contributed by atoms with Crippen molar-refractivity contribution in [2.45, 2.75) is 25.4 Å². The number of allylic oxidation sites excluding steroid dienone is 2. The fourth-order valence-corrected chi connectivity index (χ4v) is 4.13. The van der Waals surface area contributed by atoms with Crippen LogP contribution in [0.2, 0.25) is 10.0 Å². The molecule has 0 atom stereocenters. The highest BCUT2D eigenvalue weighted by molar-refractivity contribution is 7.12. The number of aliphatic imine (C=N–C) groups is 1. The molecule has 10 heteroatoms. The maximum atomic E-state index is 13.2. The predicted molar refractivity (Wildman–Crippen MR) is 131 cm³/mol. The molecule has 0 saturated carbocycles. The van der Waals surface area contributed by atoms with E-state index < -0.39 is 23.3 Å². The number of aliphatic carboxylic acids is 1. The molecule has 4 nitrogen and oxygen atoms in total. The molecule has 0 aliphatic carbocycles. The minimum atomic E-state index is -4.74. The van der Waals surface area contributed by atoms with Crippen LogP contribution in [0.3, 0.4) is 0 Å². The Balaban J connectivity index is 2.11. The fourth-order valence-electron chi connectivity index (χ4n) is 2.92. The molecule has 0 saturated heterocycles. The molecule has 0 fully saturated rings. The lowest BCUT2D eigenvalue weighted by molar-refractivity contribution is -0.142. The SMILES string of the molecule is CC(C)(C(=O)O)c1cccc(-c2csc(C(C=C(N)C(F)(F)F)=Nc3cc(Cl)ccc3Cl)c2)c1. The summed E-state index contributed by atoms with van der Waals surface area (Å²) in [4.78, 5) is 16.3. The Hall–Kier alpha value is -2.81. The first kappa shape index (κ1) is 25.8. The lowest BCUT2D eigenvalue weighted by atomic mass is 9.83. The van der Waals surface area contributed by atoms with Crippen molar-refractivity contribution in [1.82, 2.24) is 0 Å². The second kappa shape index (κ2) is 9.82. The smallest absolute Gasteiger partial charge is 0.430 e. The van der Waals surface area contributed by atoms with Crippen molar-refractivity contribution in [3.8, 4) is 11.1 Å². The highest BCUT2D eigenvalue weighted by Gasteiger charge is 2.32. The van der Waals surface area contributed by atoms with Crippen molar-refractivity contribution in [2.75, 3.05) is 0 Å². The van der Waals surface area contributed by atoms with Crippen LogP contribution in [0.5, 0.6) is 0 Å². The summed E-state index contributed by atoms with van der Waals surface area (Å²) in [7, 11) is 0. The van der Waals surface area contributed by atoms with Crippen LogP contribution in [0.15, 0.2) is 70.7 Å². The molecule has 0 aliphatic heterocycles. The van der Waals surface area contributed by atoms with Crippen molar-refractivity contribution in [3.63, 3.8) is 0 Å². The summed E-state index contributed by atoms with van der Waals surface area (Å²) < 4.78 is 39.5. The molecule has 0 spiro atoms. The van der Waals surface area contributed by atoms with Crippen LogP contribution in [-0.2, 0) is 10.2 Å². The fraction of sp³-hybridized carbons (Fsp3) is 0.167. The van der Waals surface area contributed by atoms with Crippen LogP contribution in [-0.4, -0.2) is 23.0 Å². The van der Waals surface area contributed by atoms with Crippen LogP contribution in [0.25, 0.3) is 11.1 Å². The van der Waals surface area contributed by atoms with E-state index in [4.69, 9.17) is 28.9 Å². The molecule has 0 radical (unpaired) electrons. The molecule has 34 heavy (non-hydrogen) atoms. The monoisotopic (exact) mass is 526 g/mol. The zero-order valence-electron chi connectivity index (χ0n) is 18.0. The molecule has 178 valence electrons. The number of nitrogens with zero attached hydrogens (tertiary/aromatic N) is 1. The van der Waals surface area contributed by atoms with Gasteiger partial charge in [0.2, 0.25) is 0 Å². The first-order chi connectivity index (χ1) is 15.8. The van der Waals surface area contributed by atoms with Gasteiger partial charge in [0.05, 0.1) is 26.7 Å². The maximum Gasteiger partial charge on any atom is 0.430 e. The van der Waals surface area contributed by atoms with E-state index in [1.54, 1.807) is 49.6 Å².